The van der Waals surface area contributed by atoms with Crippen LogP contribution in [-0.4, -0.2) is 35.1 Å². The van der Waals surface area contributed by atoms with Crippen molar-refractivity contribution in [2.24, 2.45) is 0 Å². The van der Waals surface area contributed by atoms with Crippen LogP contribution in [0.5, 0.6) is 0 Å². The van der Waals surface area contributed by atoms with Crippen molar-refractivity contribution in [1.82, 2.24) is 9.88 Å². The monoisotopic (exact) mass is 222 g/mol. The molecular weight excluding hydrogens is 207 g/mol. The van der Waals surface area contributed by atoms with Crippen molar-refractivity contribution in [1.29, 1.82) is 0 Å². The molecule has 0 aliphatic carbocycles. The molecule has 0 radical (unpaired) electrons. The molecule has 4 heteroatoms. The average molecular weight is 222 g/mol. The fourth-order valence-corrected chi connectivity index (χ4v) is 1.84. The van der Waals surface area contributed by atoms with Crippen LogP contribution >= 0.6 is 0 Å². The highest BCUT2D eigenvalue weighted by molar-refractivity contribution is 5.94. The van der Waals surface area contributed by atoms with Gasteiger partial charge in [-0.25, -0.2) is 4.39 Å². The molecule has 0 bridgehead atoms. The minimum atomic E-state index is -0.869. The van der Waals surface area contributed by atoms with Gasteiger partial charge in [-0.1, -0.05) is 6.92 Å². The lowest BCUT2D eigenvalue weighted by Gasteiger charge is -2.14. The Morgan fingerprint density at radius 3 is 2.94 bits per heavy atom. The van der Waals surface area contributed by atoms with E-state index in [2.05, 4.69) is 4.98 Å². The molecule has 1 fully saturated rings. The number of nitrogens with zero attached hydrogens (tertiary/aromatic N) is 2. The molecule has 86 valence electrons. The summed E-state index contributed by atoms with van der Waals surface area (Å²) in [5.74, 6) is -0.115. The smallest absolute Gasteiger partial charge is 0.255 e. The van der Waals surface area contributed by atoms with Gasteiger partial charge in [-0.3, -0.25) is 9.78 Å². The van der Waals surface area contributed by atoms with E-state index in [0.717, 1.165) is 12.1 Å². The summed E-state index contributed by atoms with van der Waals surface area (Å²) in [5.41, 5.74) is 1.51. The molecule has 0 aromatic carbocycles. The topological polar surface area (TPSA) is 33.2 Å². The third-order valence-electron chi connectivity index (χ3n) is 2.85. The van der Waals surface area contributed by atoms with Gasteiger partial charge in [-0.15, -0.1) is 0 Å². The van der Waals surface area contributed by atoms with Crippen molar-refractivity contribution >= 4 is 5.91 Å². The van der Waals surface area contributed by atoms with Crippen LogP contribution in [-0.2, 0) is 6.42 Å². The maximum atomic E-state index is 13.0. The van der Waals surface area contributed by atoms with Gasteiger partial charge in [0.15, 0.2) is 0 Å². The Kier molecular flexibility index (Phi) is 3.17. The van der Waals surface area contributed by atoms with E-state index in [1.54, 1.807) is 17.2 Å². The summed E-state index contributed by atoms with van der Waals surface area (Å²) in [4.78, 5) is 17.6. The molecule has 2 heterocycles. The van der Waals surface area contributed by atoms with E-state index in [0.29, 0.717) is 18.5 Å². The Hall–Kier alpha value is -1.45. The zero-order valence-electron chi connectivity index (χ0n) is 9.32. The zero-order valence-corrected chi connectivity index (χ0v) is 9.32. The highest BCUT2D eigenvalue weighted by atomic mass is 19.1. The lowest BCUT2D eigenvalue weighted by Crippen LogP contribution is -2.29. The van der Waals surface area contributed by atoms with Gasteiger partial charge in [0.05, 0.1) is 12.1 Å². The first-order valence-corrected chi connectivity index (χ1v) is 5.59. The first-order chi connectivity index (χ1) is 7.70. The van der Waals surface area contributed by atoms with Crippen LogP contribution in [0.15, 0.2) is 18.3 Å². The number of aromatic nitrogens is 1. The van der Waals surface area contributed by atoms with Crippen LogP contribution in [0.3, 0.4) is 0 Å². The number of hydrogen-bond donors (Lipinski definition) is 0. The van der Waals surface area contributed by atoms with Crippen molar-refractivity contribution < 1.29 is 9.18 Å². The lowest BCUT2D eigenvalue weighted by molar-refractivity contribution is 0.0782. The predicted octanol–water partition coefficient (Wildman–Crippen LogP) is 1.83. The Bertz CT molecular complexity index is 377. The van der Waals surface area contributed by atoms with Gasteiger partial charge in [-0.2, -0.15) is 0 Å². The third-order valence-corrected chi connectivity index (χ3v) is 2.85. The highest BCUT2D eigenvalue weighted by Gasteiger charge is 2.26. The summed E-state index contributed by atoms with van der Waals surface area (Å²) < 4.78 is 13.0. The summed E-state index contributed by atoms with van der Waals surface area (Å²) >= 11 is 0. The SMILES string of the molecule is CCc1ccc(C(=O)N2CCC(F)C2)cn1. The Balaban J connectivity index is 2.08. The molecule has 3 nitrogen and oxygen atoms in total. The Morgan fingerprint density at radius 2 is 2.44 bits per heavy atom. The van der Waals surface area contributed by atoms with Gasteiger partial charge in [0.1, 0.15) is 6.17 Å². The van der Waals surface area contributed by atoms with Crippen molar-refractivity contribution in [2.45, 2.75) is 25.9 Å². The number of halogens is 1. The Labute approximate surface area is 94.3 Å². The number of carbonyl (C=O) groups excluding carboxylic acids is 1. The van der Waals surface area contributed by atoms with E-state index < -0.39 is 6.17 Å². The van der Waals surface area contributed by atoms with E-state index in [9.17, 15) is 9.18 Å². The molecule has 16 heavy (non-hydrogen) atoms. The van der Waals surface area contributed by atoms with Crippen molar-refractivity contribution in [2.75, 3.05) is 13.1 Å². The van der Waals surface area contributed by atoms with Crippen LogP contribution in [0.1, 0.15) is 29.4 Å². The molecule has 0 spiro atoms. The van der Waals surface area contributed by atoms with Crippen LogP contribution in [0.2, 0.25) is 0 Å². The molecule has 1 atom stereocenters. The predicted molar refractivity (Wildman–Crippen MR) is 59.0 cm³/mol. The fraction of sp³-hybridized carbons (Fsp3) is 0.500. The van der Waals surface area contributed by atoms with Crippen molar-refractivity contribution in [3.63, 3.8) is 0 Å². The maximum Gasteiger partial charge on any atom is 0.255 e. The number of likely N-dealkylation sites (tertiary alicyclic amines) is 1. The van der Waals surface area contributed by atoms with E-state index >= 15 is 0 Å². The van der Waals surface area contributed by atoms with Crippen molar-refractivity contribution in [3.05, 3.63) is 29.6 Å². The first kappa shape index (κ1) is 11.0. The number of amides is 1. The minimum absolute atomic E-state index is 0.115. The summed E-state index contributed by atoms with van der Waals surface area (Å²) in [5, 5.41) is 0. The number of alkyl halides is 1. The summed E-state index contributed by atoms with van der Waals surface area (Å²) in [6.45, 7) is 2.74. The molecular formula is C12H15FN2O. The number of rotatable bonds is 2. The average Bonchev–Trinajstić information content (AvgIpc) is 2.75. The maximum absolute atomic E-state index is 13.0. The largest absolute Gasteiger partial charge is 0.336 e. The van der Waals surface area contributed by atoms with Gasteiger partial charge >= 0.3 is 0 Å². The lowest BCUT2D eigenvalue weighted by atomic mass is 10.2. The van der Waals surface area contributed by atoms with E-state index in [4.69, 9.17) is 0 Å². The van der Waals surface area contributed by atoms with Crippen LogP contribution < -0.4 is 0 Å². The standard InChI is InChI=1S/C12H15FN2O/c1-2-11-4-3-9(7-14-11)12(16)15-6-5-10(13)8-15/h3-4,7,10H,2,5-6,8H2,1H3. The van der Waals surface area contributed by atoms with E-state index in [1.165, 1.54) is 0 Å². The zero-order chi connectivity index (χ0) is 11.5. The molecule has 1 saturated heterocycles. The summed E-state index contributed by atoms with van der Waals surface area (Å²) in [6, 6.07) is 3.61. The van der Waals surface area contributed by atoms with Crippen LogP contribution in [0.4, 0.5) is 4.39 Å². The first-order valence-electron chi connectivity index (χ1n) is 5.59. The summed E-state index contributed by atoms with van der Waals surface area (Å²) in [6.07, 6.45) is 2.01. The number of pyridine rings is 1. The van der Waals surface area contributed by atoms with Crippen LogP contribution in [0, 0.1) is 0 Å². The van der Waals surface area contributed by atoms with E-state index in [-0.39, 0.29) is 12.5 Å². The molecule has 1 aliphatic rings. The van der Waals surface area contributed by atoms with Gasteiger partial charge in [0, 0.05) is 18.4 Å². The minimum Gasteiger partial charge on any atom is -0.336 e. The van der Waals surface area contributed by atoms with Gasteiger partial charge in [-0.05, 0) is 25.0 Å². The molecule has 0 saturated carbocycles. The Morgan fingerprint density at radius 1 is 1.62 bits per heavy atom. The summed E-state index contributed by atoms with van der Waals surface area (Å²) in [7, 11) is 0. The second-order valence-corrected chi connectivity index (χ2v) is 4.03. The number of carbonyl (C=O) groups is 1. The fourth-order valence-electron chi connectivity index (χ4n) is 1.84. The molecule has 1 aromatic rings. The third kappa shape index (κ3) is 2.21. The quantitative estimate of drug-likeness (QED) is 0.764. The molecule has 1 amide bonds. The molecule has 1 aliphatic heterocycles. The molecule has 0 N–H and O–H groups in total. The second-order valence-electron chi connectivity index (χ2n) is 4.03. The molecule has 1 aromatic heterocycles. The molecule has 2 rings (SSSR count). The van der Waals surface area contributed by atoms with Gasteiger partial charge in [0.2, 0.25) is 0 Å². The number of hydrogen-bond acceptors (Lipinski definition) is 2. The molecule has 1 unspecified atom stereocenters. The van der Waals surface area contributed by atoms with Gasteiger partial charge < -0.3 is 4.90 Å². The second kappa shape index (κ2) is 4.60. The highest BCUT2D eigenvalue weighted by Crippen LogP contribution is 2.15. The van der Waals surface area contributed by atoms with E-state index in [1.807, 2.05) is 13.0 Å². The normalized spacial score (nSPS) is 20.1. The number of aryl methyl sites for hydroxylation is 1. The van der Waals surface area contributed by atoms with Crippen LogP contribution in [0.25, 0.3) is 0 Å². The van der Waals surface area contributed by atoms with Crippen molar-refractivity contribution in [3.8, 4) is 0 Å². The van der Waals surface area contributed by atoms with Gasteiger partial charge in [0.25, 0.3) is 5.91 Å².